The second-order valence-electron chi connectivity index (χ2n) is 11.9. The largest absolute Gasteiger partial charge is 0.497 e. The molecule has 9 nitrogen and oxygen atoms in total. The van der Waals surface area contributed by atoms with E-state index in [1.165, 1.54) is 5.56 Å². The molecule has 9 heteroatoms. The zero-order valence-electron chi connectivity index (χ0n) is 27.0. The van der Waals surface area contributed by atoms with Crippen molar-refractivity contribution in [3.8, 4) is 17.2 Å². The lowest BCUT2D eigenvalue weighted by Crippen LogP contribution is -2.46. The van der Waals surface area contributed by atoms with Gasteiger partial charge in [-0.2, -0.15) is 0 Å². The van der Waals surface area contributed by atoms with Crippen LogP contribution in [0.3, 0.4) is 0 Å². The van der Waals surface area contributed by atoms with Crippen molar-refractivity contribution >= 4 is 23.2 Å². The molecule has 6 rings (SSSR count). The minimum absolute atomic E-state index is 0.215. The number of aromatic nitrogens is 2. The van der Waals surface area contributed by atoms with Gasteiger partial charge in [0.05, 0.1) is 39.2 Å². The van der Waals surface area contributed by atoms with Crippen LogP contribution < -0.4 is 24.0 Å². The quantitative estimate of drug-likeness (QED) is 0.218. The van der Waals surface area contributed by atoms with E-state index in [1.807, 2.05) is 50.4 Å². The van der Waals surface area contributed by atoms with Gasteiger partial charge in [0.2, 0.25) is 0 Å². The highest BCUT2D eigenvalue weighted by Gasteiger charge is 2.37. The van der Waals surface area contributed by atoms with Crippen molar-refractivity contribution in [3.05, 3.63) is 94.4 Å². The second-order valence-corrected chi connectivity index (χ2v) is 11.9. The Morgan fingerprint density at radius 3 is 2.31 bits per heavy atom. The van der Waals surface area contributed by atoms with E-state index in [2.05, 4.69) is 30.1 Å². The van der Waals surface area contributed by atoms with Crippen molar-refractivity contribution in [2.75, 3.05) is 51.3 Å². The number of para-hydroxylation sites is 1. The zero-order valence-corrected chi connectivity index (χ0v) is 27.0. The van der Waals surface area contributed by atoms with Gasteiger partial charge in [-0.3, -0.25) is 4.90 Å². The third kappa shape index (κ3) is 5.92. The molecule has 4 aromatic rings. The van der Waals surface area contributed by atoms with Crippen molar-refractivity contribution in [3.63, 3.8) is 0 Å². The molecule has 1 saturated heterocycles. The van der Waals surface area contributed by atoms with Gasteiger partial charge in [0.1, 0.15) is 28.9 Å². The Balaban J connectivity index is 1.40. The first-order chi connectivity index (χ1) is 21.8. The van der Waals surface area contributed by atoms with Crippen molar-refractivity contribution in [1.29, 1.82) is 0 Å². The molecule has 0 radical (unpaired) electrons. The Labute approximate surface area is 265 Å². The highest BCUT2D eigenvalue weighted by molar-refractivity contribution is 6.11. The van der Waals surface area contributed by atoms with Crippen LogP contribution in [0.25, 0.3) is 0 Å². The number of fused-ring (bicyclic) bond motifs is 1. The second kappa shape index (κ2) is 12.8. The first-order valence-corrected chi connectivity index (χ1v) is 15.4. The van der Waals surface area contributed by atoms with Crippen molar-refractivity contribution in [1.82, 2.24) is 14.9 Å². The van der Waals surface area contributed by atoms with Crippen molar-refractivity contribution in [2.45, 2.75) is 45.6 Å². The van der Waals surface area contributed by atoms with E-state index in [0.29, 0.717) is 47.7 Å². The van der Waals surface area contributed by atoms with Gasteiger partial charge in [-0.15, -0.1) is 0 Å². The molecule has 3 heterocycles. The Morgan fingerprint density at radius 2 is 1.62 bits per heavy atom. The van der Waals surface area contributed by atoms with Gasteiger partial charge in [-0.05, 0) is 87.6 Å². The van der Waals surface area contributed by atoms with E-state index in [9.17, 15) is 4.79 Å². The maximum Gasteiger partial charge on any atom is 0.335 e. The van der Waals surface area contributed by atoms with Crippen LogP contribution >= 0.6 is 0 Å². The monoisotopic (exact) mass is 607 g/mol. The number of carbonyl (C=O) groups is 1. The number of hydrogen-bond acceptors (Lipinski definition) is 7. The summed E-state index contributed by atoms with van der Waals surface area (Å²) >= 11 is 0. The van der Waals surface area contributed by atoms with Crippen LogP contribution in [0.2, 0.25) is 0 Å². The molecule has 0 aliphatic carbocycles. The van der Waals surface area contributed by atoms with Crippen LogP contribution in [0.5, 0.6) is 17.2 Å². The molecule has 0 saturated carbocycles. The van der Waals surface area contributed by atoms with E-state index in [1.54, 1.807) is 37.2 Å². The number of rotatable bonds is 8. The first kappa shape index (κ1) is 30.4. The van der Waals surface area contributed by atoms with Gasteiger partial charge in [0.25, 0.3) is 0 Å². The number of likely N-dealkylation sites (tertiary alicyclic amines) is 1. The van der Waals surface area contributed by atoms with Crippen LogP contribution in [-0.2, 0) is 13.0 Å². The van der Waals surface area contributed by atoms with E-state index in [-0.39, 0.29) is 6.03 Å². The summed E-state index contributed by atoms with van der Waals surface area (Å²) in [6.07, 6.45) is 4.59. The molecule has 3 aromatic carbocycles. The standard InChI is InChI=1S/C36H41N5O4/c1-23-8-7-9-24(2)34(23)40-22-28-21-37-33(19-27-11-10-26(18-31(27)44-5)25-14-16-39(3)17-15-25)38-35(28)41(36(40)42)30-13-12-29(43-4)20-32(30)45-6/h7-13,18,20-21,25H,14-17,19,22H2,1-6H3. The number of nitrogens with zero attached hydrogens (tertiary/aromatic N) is 5. The van der Waals surface area contributed by atoms with Crippen LogP contribution in [0.1, 0.15) is 52.4 Å². The summed E-state index contributed by atoms with van der Waals surface area (Å²) in [5, 5.41) is 0. The fourth-order valence-corrected chi connectivity index (χ4v) is 6.54. The third-order valence-electron chi connectivity index (χ3n) is 9.04. The Morgan fingerprint density at radius 1 is 0.889 bits per heavy atom. The highest BCUT2D eigenvalue weighted by atomic mass is 16.5. The molecule has 45 heavy (non-hydrogen) atoms. The minimum atomic E-state index is -0.215. The predicted molar refractivity (Wildman–Crippen MR) is 176 cm³/mol. The Kier molecular flexibility index (Phi) is 8.63. The summed E-state index contributed by atoms with van der Waals surface area (Å²) in [5.41, 5.74) is 6.63. The average molecular weight is 608 g/mol. The van der Waals surface area contributed by atoms with Crippen molar-refractivity contribution in [2.24, 2.45) is 0 Å². The first-order valence-electron chi connectivity index (χ1n) is 15.4. The van der Waals surface area contributed by atoms with Gasteiger partial charge in [-0.25, -0.2) is 19.7 Å². The van der Waals surface area contributed by atoms with E-state index < -0.39 is 0 Å². The molecule has 0 N–H and O–H groups in total. The summed E-state index contributed by atoms with van der Waals surface area (Å²) in [7, 11) is 7.08. The SMILES string of the molecule is COc1ccc(N2C(=O)N(c3c(C)cccc3C)Cc3cnc(Cc4ccc(C5CCN(C)CC5)cc4OC)nc32)c(OC)c1. The van der Waals surface area contributed by atoms with Gasteiger partial charge < -0.3 is 19.1 Å². The number of benzene rings is 3. The predicted octanol–water partition coefficient (Wildman–Crippen LogP) is 6.80. The molecule has 0 unspecified atom stereocenters. The smallest absolute Gasteiger partial charge is 0.335 e. The summed E-state index contributed by atoms with van der Waals surface area (Å²) < 4.78 is 17.1. The topological polar surface area (TPSA) is 80.3 Å². The lowest BCUT2D eigenvalue weighted by Gasteiger charge is -2.37. The number of methoxy groups -OCH3 is 3. The molecule has 0 spiro atoms. The van der Waals surface area contributed by atoms with E-state index >= 15 is 0 Å². The number of hydrogen-bond donors (Lipinski definition) is 0. The van der Waals surface area contributed by atoms with Gasteiger partial charge in [-0.1, -0.05) is 30.3 Å². The summed E-state index contributed by atoms with van der Waals surface area (Å²) in [6.45, 7) is 6.60. The maximum atomic E-state index is 14.5. The molecule has 2 aliphatic rings. The lowest BCUT2D eigenvalue weighted by molar-refractivity contribution is 0.252. The molecule has 0 atom stereocenters. The van der Waals surface area contributed by atoms with E-state index in [0.717, 1.165) is 59.6 Å². The van der Waals surface area contributed by atoms with Crippen LogP contribution in [0.15, 0.2) is 60.8 Å². The third-order valence-corrected chi connectivity index (χ3v) is 9.04. The molecule has 234 valence electrons. The maximum absolute atomic E-state index is 14.5. The lowest BCUT2D eigenvalue weighted by atomic mass is 9.88. The number of amides is 2. The molecule has 2 aliphatic heterocycles. The molecule has 1 aromatic heterocycles. The van der Waals surface area contributed by atoms with Gasteiger partial charge in [0, 0.05) is 29.8 Å². The summed E-state index contributed by atoms with van der Waals surface area (Å²) in [5.74, 6) is 3.64. The van der Waals surface area contributed by atoms with Gasteiger partial charge in [0.15, 0.2) is 0 Å². The number of anilines is 3. The molecule has 2 amide bonds. The minimum Gasteiger partial charge on any atom is -0.497 e. The fourth-order valence-electron chi connectivity index (χ4n) is 6.54. The van der Waals surface area contributed by atoms with Crippen LogP contribution in [0, 0.1) is 13.8 Å². The molecular formula is C36H41N5O4. The van der Waals surface area contributed by atoms with Gasteiger partial charge >= 0.3 is 6.03 Å². The number of carbonyl (C=O) groups excluding carboxylic acids is 1. The molecular weight excluding hydrogens is 566 g/mol. The number of ether oxygens (including phenoxy) is 3. The summed E-state index contributed by atoms with van der Waals surface area (Å²) in [6, 6.07) is 17.8. The van der Waals surface area contributed by atoms with E-state index in [4.69, 9.17) is 24.2 Å². The Bertz CT molecular complexity index is 1700. The normalized spacial score (nSPS) is 15.6. The van der Waals surface area contributed by atoms with Crippen molar-refractivity contribution < 1.29 is 19.0 Å². The Hall–Kier alpha value is -4.63. The summed E-state index contributed by atoms with van der Waals surface area (Å²) in [4.78, 5) is 30.1. The zero-order chi connectivity index (χ0) is 31.7. The fraction of sp³-hybridized carbons (Fsp3) is 0.361. The van der Waals surface area contributed by atoms with Crippen LogP contribution in [0.4, 0.5) is 22.0 Å². The van der Waals surface area contributed by atoms with Crippen LogP contribution in [-0.4, -0.2) is 62.4 Å². The molecule has 1 fully saturated rings. The number of aryl methyl sites for hydroxylation is 2. The number of urea groups is 1. The number of piperidine rings is 1. The molecule has 0 bridgehead atoms. The highest BCUT2D eigenvalue weighted by Crippen LogP contribution is 2.42. The average Bonchev–Trinajstić information content (AvgIpc) is 3.05.